The van der Waals surface area contributed by atoms with Crippen LogP contribution in [0.25, 0.3) is 10.9 Å². The molecule has 1 aromatic heterocycles. The van der Waals surface area contributed by atoms with Gasteiger partial charge in [0.05, 0.1) is 6.10 Å². The second-order valence-corrected chi connectivity index (χ2v) is 6.37. The maximum Gasteiger partial charge on any atom is 0.120 e. The lowest BCUT2D eigenvalue weighted by Crippen LogP contribution is -2.15. The zero-order valence-corrected chi connectivity index (χ0v) is 12.4. The molecule has 1 fully saturated rings. The van der Waals surface area contributed by atoms with E-state index in [0.717, 1.165) is 25.3 Å². The van der Waals surface area contributed by atoms with Crippen LogP contribution in [0.1, 0.15) is 33.1 Å². The van der Waals surface area contributed by atoms with Crippen molar-refractivity contribution < 1.29 is 4.74 Å². The van der Waals surface area contributed by atoms with Gasteiger partial charge in [-0.3, -0.25) is 0 Å². The minimum Gasteiger partial charge on any atom is -0.491 e. The summed E-state index contributed by atoms with van der Waals surface area (Å²) in [5.41, 5.74) is 7.50. The summed E-state index contributed by atoms with van der Waals surface area (Å²) in [5, 5.41) is 1.26. The van der Waals surface area contributed by atoms with Crippen LogP contribution in [0.3, 0.4) is 0 Å². The summed E-state index contributed by atoms with van der Waals surface area (Å²) in [6.07, 6.45) is 6.19. The molecule has 20 heavy (non-hydrogen) atoms. The van der Waals surface area contributed by atoms with Crippen molar-refractivity contribution >= 4 is 10.9 Å². The zero-order chi connectivity index (χ0) is 14.2. The molecule has 0 saturated heterocycles. The summed E-state index contributed by atoms with van der Waals surface area (Å²) in [6.45, 7) is 6.00. The van der Waals surface area contributed by atoms with Crippen molar-refractivity contribution in [3.8, 4) is 5.75 Å². The van der Waals surface area contributed by atoms with Crippen molar-refractivity contribution in [3.05, 3.63) is 30.5 Å². The van der Waals surface area contributed by atoms with Crippen LogP contribution in [-0.4, -0.2) is 17.2 Å². The molecule has 0 spiro atoms. The van der Waals surface area contributed by atoms with Crippen molar-refractivity contribution in [2.45, 2.75) is 45.8 Å². The molecule has 3 heteroatoms. The largest absolute Gasteiger partial charge is 0.491 e. The van der Waals surface area contributed by atoms with Crippen LogP contribution in [-0.2, 0) is 6.54 Å². The molecule has 0 radical (unpaired) electrons. The van der Waals surface area contributed by atoms with E-state index in [9.17, 15) is 0 Å². The highest BCUT2D eigenvalue weighted by Gasteiger charge is 2.41. The van der Waals surface area contributed by atoms with Crippen LogP contribution in [0, 0.1) is 5.41 Å². The van der Waals surface area contributed by atoms with Gasteiger partial charge in [-0.25, -0.2) is 0 Å². The summed E-state index contributed by atoms with van der Waals surface area (Å²) in [5.74, 6) is 0.952. The third-order valence-corrected chi connectivity index (χ3v) is 4.25. The van der Waals surface area contributed by atoms with E-state index < -0.39 is 0 Å². The van der Waals surface area contributed by atoms with Gasteiger partial charge in [0, 0.05) is 23.6 Å². The number of nitrogens with two attached hydrogens (primary N) is 1. The van der Waals surface area contributed by atoms with E-state index in [0.29, 0.717) is 5.41 Å². The summed E-state index contributed by atoms with van der Waals surface area (Å²) in [4.78, 5) is 0. The predicted molar refractivity (Wildman–Crippen MR) is 83.0 cm³/mol. The minimum atomic E-state index is 0.217. The van der Waals surface area contributed by atoms with Gasteiger partial charge in [-0.05, 0) is 69.3 Å². The molecule has 1 aromatic carbocycles. The Kier molecular flexibility index (Phi) is 3.47. The monoisotopic (exact) mass is 272 g/mol. The Bertz CT molecular complexity index is 596. The van der Waals surface area contributed by atoms with E-state index in [2.05, 4.69) is 48.9 Å². The van der Waals surface area contributed by atoms with E-state index >= 15 is 0 Å². The Morgan fingerprint density at radius 2 is 2.10 bits per heavy atom. The van der Waals surface area contributed by atoms with Gasteiger partial charge in [0.2, 0.25) is 0 Å². The van der Waals surface area contributed by atoms with Gasteiger partial charge < -0.3 is 15.0 Å². The third kappa shape index (κ3) is 2.68. The van der Waals surface area contributed by atoms with Crippen molar-refractivity contribution in [2.75, 3.05) is 6.54 Å². The topological polar surface area (TPSA) is 40.2 Å². The van der Waals surface area contributed by atoms with E-state index in [4.69, 9.17) is 10.5 Å². The fourth-order valence-corrected chi connectivity index (χ4v) is 2.99. The summed E-state index contributed by atoms with van der Waals surface area (Å²) >= 11 is 0. The highest BCUT2D eigenvalue weighted by molar-refractivity contribution is 5.81. The van der Waals surface area contributed by atoms with Gasteiger partial charge in [0.15, 0.2) is 0 Å². The molecule has 1 saturated carbocycles. The van der Waals surface area contributed by atoms with Gasteiger partial charge in [-0.2, -0.15) is 0 Å². The van der Waals surface area contributed by atoms with Crippen LogP contribution < -0.4 is 10.5 Å². The summed E-state index contributed by atoms with van der Waals surface area (Å²) < 4.78 is 8.13. The smallest absolute Gasteiger partial charge is 0.120 e. The van der Waals surface area contributed by atoms with Crippen LogP contribution in [0.15, 0.2) is 30.5 Å². The second kappa shape index (κ2) is 5.13. The zero-order valence-electron chi connectivity index (χ0n) is 12.4. The second-order valence-electron chi connectivity index (χ2n) is 6.37. The Morgan fingerprint density at radius 1 is 1.30 bits per heavy atom. The molecule has 108 valence electrons. The average Bonchev–Trinajstić information content (AvgIpc) is 3.03. The highest BCUT2D eigenvalue weighted by atomic mass is 16.5. The molecule has 0 aliphatic heterocycles. The SMILES string of the molecule is CC(C)Oc1ccc2c(ccn2CC2(CCN)CC2)c1. The van der Waals surface area contributed by atoms with Crippen molar-refractivity contribution in [1.82, 2.24) is 4.57 Å². The Morgan fingerprint density at radius 3 is 2.75 bits per heavy atom. The molecule has 3 nitrogen and oxygen atoms in total. The summed E-state index contributed by atoms with van der Waals surface area (Å²) in [6, 6.07) is 8.56. The number of ether oxygens (including phenoxy) is 1. The Labute approximate surface area is 120 Å². The van der Waals surface area contributed by atoms with Crippen LogP contribution >= 0.6 is 0 Å². The van der Waals surface area contributed by atoms with Gasteiger partial charge in [-0.1, -0.05) is 0 Å². The Hall–Kier alpha value is -1.48. The number of aromatic nitrogens is 1. The van der Waals surface area contributed by atoms with Crippen LogP contribution in [0.2, 0.25) is 0 Å². The molecular weight excluding hydrogens is 248 g/mol. The lowest BCUT2D eigenvalue weighted by atomic mass is 10.0. The van der Waals surface area contributed by atoms with E-state index in [1.54, 1.807) is 0 Å². The maximum atomic E-state index is 5.76. The van der Waals surface area contributed by atoms with E-state index in [1.807, 2.05) is 0 Å². The highest BCUT2D eigenvalue weighted by Crippen LogP contribution is 2.50. The molecule has 0 amide bonds. The third-order valence-electron chi connectivity index (χ3n) is 4.25. The van der Waals surface area contributed by atoms with Gasteiger partial charge in [0.25, 0.3) is 0 Å². The standard InChI is InChI=1S/C17H24N2O/c1-13(2)20-15-3-4-16-14(11-15)5-10-19(16)12-17(6-7-17)8-9-18/h3-5,10-11,13H,6-9,12,18H2,1-2H3. The minimum absolute atomic E-state index is 0.217. The number of fused-ring (bicyclic) bond motifs is 1. The number of rotatable bonds is 6. The molecule has 2 aromatic rings. The molecule has 1 aliphatic carbocycles. The van der Waals surface area contributed by atoms with Crippen molar-refractivity contribution in [2.24, 2.45) is 11.1 Å². The number of hydrogen-bond acceptors (Lipinski definition) is 2. The Balaban J connectivity index is 1.83. The maximum absolute atomic E-state index is 5.76. The molecule has 1 heterocycles. The quantitative estimate of drug-likeness (QED) is 0.873. The first-order chi connectivity index (χ1) is 9.62. The molecule has 2 N–H and O–H groups in total. The normalized spacial score (nSPS) is 16.8. The molecule has 0 unspecified atom stereocenters. The van der Waals surface area contributed by atoms with Gasteiger partial charge >= 0.3 is 0 Å². The average molecular weight is 272 g/mol. The van der Waals surface area contributed by atoms with E-state index in [1.165, 1.54) is 23.7 Å². The molecule has 3 rings (SSSR count). The lowest BCUT2D eigenvalue weighted by Gasteiger charge is -2.16. The van der Waals surface area contributed by atoms with E-state index in [-0.39, 0.29) is 6.10 Å². The van der Waals surface area contributed by atoms with Crippen molar-refractivity contribution in [1.29, 1.82) is 0 Å². The summed E-state index contributed by atoms with van der Waals surface area (Å²) in [7, 11) is 0. The molecule has 1 aliphatic rings. The first-order valence-electron chi connectivity index (χ1n) is 7.58. The fraction of sp³-hybridized carbons (Fsp3) is 0.529. The van der Waals surface area contributed by atoms with Crippen LogP contribution in [0.5, 0.6) is 5.75 Å². The number of nitrogens with zero attached hydrogens (tertiary/aromatic N) is 1. The first-order valence-corrected chi connectivity index (χ1v) is 7.58. The van der Waals surface area contributed by atoms with Gasteiger partial charge in [-0.15, -0.1) is 0 Å². The van der Waals surface area contributed by atoms with Crippen molar-refractivity contribution in [3.63, 3.8) is 0 Å². The van der Waals surface area contributed by atoms with Crippen LogP contribution in [0.4, 0.5) is 0 Å². The number of hydrogen-bond donors (Lipinski definition) is 1. The molecule has 0 atom stereocenters. The number of benzene rings is 1. The lowest BCUT2D eigenvalue weighted by molar-refractivity contribution is 0.243. The predicted octanol–water partition coefficient (Wildman–Crippen LogP) is 3.56. The fourth-order valence-electron chi connectivity index (χ4n) is 2.99. The molecular formula is C17H24N2O. The van der Waals surface area contributed by atoms with Gasteiger partial charge in [0.1, 0.15) is 5.75 Å². The molecule has 0 bridgehead atoms. The first kappa shape index (κ1) is 13.5.